The van der Waals surface area contributed by atoms with Crippen LogP contribution in [0.1, 0.15) is 41.5 Å². The lowest BCUT2D eigenvalue weighted by Crippen LogP contribution is -2.11. The Morgan fingerprint density at radius 3 is 1.62 bits per heavy atom. The van der Waals surface area contributed by atoms with E-state index in [1.54, 1.807) is 0 Å². The van der Waals surface area contributed by atoms with Crippen molar-refractivity contribution in [3.05, 3.63) is 96.1 Å². The summed E-state index contributed by atoms with van der Waals surface area (Å²) in [4.78, 5) is 22.7. The maximum absolute atomic E-state index is 11.3. The van der Waals surface area contributed by atoms with Crippen LogP contribution in [0, 0.1) is 0 Å². The number of hydrogen-bond acceptors (Lipinski definition) is 4. The van der Waals surface area contributed by atoms with Crippen LogP contribution >= 0.6 is 0 Å². The molecule has 0 radical (unpaired) electrons. The quantitative estimate of drug-likeness (QED) is 0.408. The Bertz CT molecular complexity index is 784. The first-order valence-corrected chi connectivity index (χ1v) is 9.84. The zero-order chi connectivity index (χ0) is 21.1. The predicted octanol–water partition coefficient (Wildman–Crippen LogP) is 4.77. The van der Waals surface area contributed by atoms with Crippen molar-refractivity contribution < 1.29 is 19.1 Å². The highest BCUT2D eigenvalue weighted by atomic mass is 16.5. The van der Waals surface area contributed by atoms with E-state index in [9.17, 15) is 9.59 Å². The first kappa shape index (κ1) is 22.2. The molecule has 2 rings (SSSR count). The molecular formula is C25H28O4. The van der Waals surface area contributed by atoms with Gasteiger partial charge in [0.2, 0.25) is 0 Å². The summed E-state index contributed by atoms with van der Waals surface area (Å²) in [6.45, 7) is 9.64. The van der Waals surface area contributed by atoms with Gasteiger partial charge in [0.1, 0.15) is 0 Å². The Balaban J connectivity index is 2.23. The molecule has 0 aromatic heterocycles. The molecule has 152 valence electrons. The molecule has 29 heavy (non-hydrogen) atoms. The minimum Gasteiger partial charge on any atom is -0.462 e. The number of rotatable bonds is 11. The molecular weight excluding hydrogens is 364 g/mol. The Kier molecular flexibility index (Phi) is 8.90. The number of ether oxygens (including phenoxy) is 2. The standard InChI is InChI=1S/C25H28O4/c1-4-21(22-13-9-7-11-19(22)15-17-28-24(26)5-2)23-14-10-8-12-20(23)16-18-29-25(27)6-3/h5-14,21H,2-4,15-18H2,1H3. The summed E-state index contributed by atoms with van der Waals surface area (Å²) in [5.41, 5.74) is 4.76. The molecule has 0 fully saturated rings. The molecule has 4 heteroatoms. The summed E-state index contributed by atoms with van der Waals surface area (Å²) in [5, 5.41) is 0. The van der Waals surface area contributed by atoms with Gasteiger partial charge < -0.3 is 9.47 Å². The molecule has 2 aromatic carbocycles. The van der Waals surface area contributed by atoms with Crippen LogP contribution in [0.5, 0.6) is 0 Å². The van der Waals surface area contributed by atoms with Gasteiger partial charge in [0, 0.05) is 30.9 Å². The normalized spacial score (nSPS) is 10.4. The molecule has 0 heterocycles. The molecule has 0 atom stereocenters. The summed E-state index contributed by atoms with van der Waals surface area (Å²) in [5.74, 6) is -0.615. The Hall–Kier alpha value is -3.14. The maximum atomic E-state index is 11.3. The zero-order valence-electron chi connectivity index (χ0n) is 16.9. The van der Waals surface area contributed by atoms with Crippen molar-refractivity contribution in [2.24, 2.45) is 0 Å². The second kappa shape index (κ2) is 11.6. The SMILES string of the molecule is C=CC(=O)OCCc1ccccc1C(CC)c1ccccc1CCOC(=O)C=C. The van der Waals surface area contributed by atoms with Gasteiger partial charge in [-0.1, -0.05) is 68.6 Å². The van der Waals surface area contributed by atoms with Crippen LogP contribution in [0.15, 0.2) is 73.8 Å². The molecule has 0 aliphatic rings. The smallest absolute Gasteiger partial charge is 0.330 e. The number of esters is 2. The molecule has 2 aromatic rings. The fourth-order valence-electron chi connectivity index (χ4n) is 3.45. The molecule has 0 saturated carbocycles. The van der Waals surface area contributed by atoms with E-state index in [2.05, 4.69) is 44.3 Å². The van der Waals surface area contributed by atoms with Crippen molar-refractivity contribution >= 4 is 11.9 Å². The molecule has 0 spiro atoms. The number of carbonyl (C=O) groups excluding carboxylic acids is 2. The van der Waals surface area contributed by atoms with Gasteiger partial charge in [-0.15, -0.1) is 0 Å². The Morgan fingerprint density at radius 1 is 0.828 bits per heavy atom. The average molecular weight is 392 g/mol. The number of benzene rings is 2. The minimum atomic E-state index is -0.408. The third kappa shape index (κ3) is 6.46. The van der Waals surface area contributed by atoms with Crippen LogP contribution in [-0.4, -0.2) is 25.2 Å². The van der Waals surface area contributed by atoms with Crippen LogP contribution < -0.4 is 0 Å². The lowest BCUT2D eigenvalue weighted by Gasteiger charge is -2.22. The predicted molar refractivity (Wildman–Crippen MR) is 115 cm³/mol. The van der Waals surface area contributed by atoms with Gasteiger partial charge >= 0.3 is 11.9 Å². The van der Waals surface area contributed by atoms with Gasteiger partial charge in [-0.25, -0.2) is 9.59 Å². The largest absolute Gasteiger partial charge is 0.462 e. The summed E-state index contributed by atoms with van der Waals surface area (Å²) in [6.07, 6.45) is 4.57. The highest BCUT2D eigenvalue weighted by molar-refractivity contribution is 5.81. The summed E-state index contributed by atoms with van der Waals surface area (Å²) >= 11 is 0. The van der Waals surface area contributed by atoms with Crippen LogP contribution in [0.2, 0.25) is 0 Å². The van der Waals surface area contributed by atoms with Crippen molar-refractivity contribution in [1.82, 2.24) is 0 Å². The van der Waals surface area contributed by atoms with Crippen molar-refractivity contribution in [1.29, 1.82) is 0 Å². The molecule has 4 nitrogen and oxygen atoms in total. The van der Waals surface area contributed by atoms with E-state index in [1.165, 1.54) is 23.3 Å². The first-order chi connectivity index (χ1) is 14.1. The second-order valence-electron chi connectivity index (χ2n) is 6.60. The third-order valence-electron chi connectivity index (χ3n) is 4.83. The minimum absolute atomic E-state index is 0.201. The van der Waals surface area contributed by atoms with Gasteiger partial charge in [0.05, 0.1) is 13.2 Å². The lowest BCUT2D eigenvalue weighted by atomic mass is 9.83. The van der Waals surface area contributed by atoms with E-state index in [0.717, 1.165) is 17.5 Å². The van der Waals surface area contributed by atoms with Crippen LogP contribution in [0.4, 0.5) is 0 Å². The summed E-state index contributed by atoms with van der Waals surface area (Å²) < 4.78 is 10.3. The number of hydrogen-bond donors (Lipinski definition) is 0. The van der Waals surface area contributed by atoms with Gasteiger partial charge in [-0.05, 0) is 28.7 Å². The highest BCUT2D eigenvalue weighted by Crippen LogP contribution is 2.33. The monoisotopic (exact) mass is 392 g/mol. The van der Waals surface area contributed by atoms with E-state index in [1.807, 2.05) is 24.3 Å². The fourth-order valence-corrected chi connectivity index (χ4v) is 3.45. The lowest BCUT2D eigenvalue weighted by molar-refractivity contribution is -0.138. The second-order valence-corrected chi connectivity index (χ2v) is 6.60. The van der Waals surface area contributed by atoms with Crippen LogP contribution in [0.3, 0.4) is 0 Å². The van der Waals surface area contributed by atoms with E-state index < -0.39 is 11.9 Å². The van der Waals surface area contributed by atoms with Gasteiger partial charge in [-0.2, -0.15) is 0 Å². The molecule has 0 aliphatic heterocycles. The highest BCUT2D eigenvalue weighted by Gasteiger charge is 2.18. The molecule has 0 bridgehead atoms. The molecule has 0 unspecified atom stereocenters. The van der Waals surface area contributed by atoms with Crippen molar-refractivity contribution in [3.8, 4) is 0 Å². The molecule has 0 saturated heterocycles. The zero-order valence-corrected chi connectivity index (χ0v) is 16.9. The van der Waals surface area contributed by atoms with Crippen molar-refractivity contribution in [2.45, 2.75) is 32.1 Å². The van der Waals surface area contributed by atoms with Crippen LogP contribution in [-0.2, 0) is 31.9 Å². The summed E-state index contributed by atoms with van der Waals surface area (Å²) in [6, 6.07) is 16.5. The topological polar surface area (TPSA) is 52.6 Å². The van der Waals surface area contributed by atoms with Crippen molar-refractivity contribution in [3.63, 3.8) is 0 Å². The van der Waals surface area contributed by atoms with E-state index in [0.29, 0.717) is 26.1 Å². The van der Waals surface area contributed by atoms with E-state index >= 15 is 0 Å². The molecule has 0 aliphatic carbocycles. The van der Waals surface area contributed by atoms with E-state index in [4.69, 9.17) is 9.47 Å². The fraction of sp³-hybridized carbons (Fsp3) is 0.280. The van der Waals surface area contributed by atoms with Gasteiger partial charge in [0.15, 0.2) is 0 Å². The Labute approximate surface area is 172 Å². The van der Waals surface area contributed by atoms with Crippen molar-refractivity contribution in [2.75, 3.05) is 13.2 Å². The average Bonchev–Trinajstić information content (AvgIpc) is 2.76. The Morgan fingerprint density at radius 2 is 1.24 bits per heavy atom. The van der Waals surface area contributed by atoms with Gasteiger partial charge in [-0.3, -0.25) is 0 Å². The first-order valence-electron chi connectivity index (χ1n) is 9.84. The molecule has 0 amide bonds. The van der Waals surface area contributed by atoms with Crippen LogP contribution in [0.25, 0.3) is 0 Å². The third-order valence-corrected chi connectivity index (χ3v) is 4.83. The summed E-state index contributed by atoms with van der Waals surface area (Å²) in [7, 11) is 0. The maximum Gasteiger partial charge on any atom is 0.330 e. The van der Waals surface area contributed by atoms with E-state index in [-0.39, 0.29) is 5.92 Å². The molecule has 0 N–H and O–H groups in total. The van der Waals surface area contributed by atoms with Gasteiger partial charge in [0.25, 0.3) is 0 Å². The number of carbonyl (C=O) groups is 2.